The lowest BCUT2D eigenvalue weighted by Gasteiger charge is -2.17. The number of hydrogen-bond acceptors (Lipinski definition) is 6. The molecule has 1 aliphatic rings. The summed E-state index contributed by atoms with van der Waals surface area (Å²) in [4.78, 5) is 11.7. The van der Waals surface area contributed by atoms with E-state index >= 15 is 0 Å². The monoisotopic (exact) mass is 274 g/mol. The Bertz CT molecular complexity index is 367. The van der Waals surface area contributed by atoms with Crippen molar-refractivity contribution in [3.63, 3.8) is 0 Å². The zero-order valence-electron chi connectivity index (χ0n) is 9.14. The molecule has 0 aromatic carbocycles. The predicted molar refractivity (Wildman–Crippen MR) is 69.4 cm³/mol. The summed E-state index contributed by atoms with van der Waals surface area (Å²) in [6, 6.07) is 0. The summed E-state index contributed by atoms with van der Waals surface area (Å²) in [6.45, 7) is 2.10. The Morgan fingerprint density at radius 1 is 1.38 bits per heavy atom. The molecule has 0 bridgehead atoms. The highest BCUT2D eigenvalue weighted by Crippen LogP contribution is 2.35. The lowest BCUT2D eigenvalue weighted by Crippen LogP contribution is -2.21. The van der Waals surface area contributed by atoms with Crippen molar-refractivity contribution in [2.24, 2.45) is 0 Å². The van der Waals surface area contributed by atoms with Crippen LogP contribution >= 0.6 is 34.9 Å². The number of rotatable bonds is 4. The summed E-state index contributed by atoms with van der Waals surface area (Å²) in [5.41, 5.74) is 0. The molecule has 1 aromatic rings. The van der Waals surface area contributed by atoms with Gasteiger partial charge in [-0.3, -0.25) is 4.79 Å². The van der Waals surface area contributed by atoms with E-state index in [1.165, 1.54) is 6.42 Å². The molecule has 0 saturated heterocycles. The number of ketones is 1. The number of nitrogens with zero attached hydrogens (tertiary/aromatic N) is 2. The molecule has 1 atom stereocenters. The van der Waals surface area contributed by atoms with Gasteiger partial charge >= 0.3 is 0 Å². The maximum atomic E-state index is 11.7. The van der Waals surface area contributed by atoms with Crippen molar-refractivity contribution in [2.75, 3.05) is 5.75 Å². The highest BCUT2D eigenvalue weighted by Gasteiger charge is 2.24. The maximum Gasteiger partial charge on any atom is 0.175 e. The Labute approximate surface area is 108 Å². The molecule has 3 nitrogen and oxygen atoms in total. The van der Waals surface area contributed by atoms with Crippen molar-refractivity contribution >= 4 is 40.6 Å². The number of hydrogen-bond donors (Lipinski definition) is 0. The molecule has 0 N–H and O–H groups in total. The minimum absolute atomic E-state index is 0.126. The van der Waals surface area contributed by atoms with E-state index in [4.69, 9.17) is 0 Å². The molecule has 1 saturated carbocycles. The van der Waals surface area contributed by atoms with Gasteiger partial charge in [-0.25, -0.2) is 0 Å². The van der Waals surface area contributed by atoms with Crippen LogP contribution < -0.4 is 0 Å². The topological polar surface area (TPSA) is 42.9 Å². The van der Waals surface area contributed by atoms with Gasteiger partial charge in [0, 0.05) is 6.42 Å². The van der Waals surface area contributed by atoms with Gasteiger partial charge in [0.05, 0.1) is 5.25 Å². The molecule has 1 heterocycles. The van der Waals surface area contributed by atoms with Crippen molar-refractivity contribution in [3.05, 3.63) is 0 Å². The number of carbonyl (C=O) groups is 1. The van der Waals surface area contributed by atoms with E-state index in [1.54, 1.807) is 34.9 Å². The average molecular weight is 274 g/mol. The summed E-state index contributed by atoms with van der Waals surface area (Å²) in [5, 5.41) is 8.34. The van der Waals surface area contributed by atoms with Gasteiger partial charge in [0.25, 0.3) is 0 Å². The molecule has 0 aliphatic heterocycles. The number of aromatic nitrogens is 2. The minimum Gasteiger partial charge on any atom is -0.298 e. The van der Waals surface area contributed by atoms with Gasteiger partial charge in [0.2, 0.25) is 0 Å². The van der Waals surface area contributed by atoms with Crippen LogP contribution in [-0.2, 0) is 4.79 Å². The van der Waals surface area contributed by atoms with E-state index in [-0.39, 0.29) is 5.25 Å². The third-order valence-corrected chi connectivity index (χ3v) is 5.74. The van der Waals surface area contributed by atoms with E-state index in [0.717, 1.165) is 33.7 Å². The quantitative estimate of drug-likeness (QED) is 0.788. The van der Waals surface area contributed by atoms with Gasteiger partial charge in [-0.2, -0.15) is 0 Å². The maximum absolute atomic E-state index is 11.7. The molecule has 1 aromatic heterocycles. The summed E-state index contributed by atoms with van der Waals surface area (Å²) in [7, 11) is 0. The van der Waals surface area contributed by atoms with Crippen molar-refractivity contribution in [1.29, 1.82) is 0 Å². The molecule has 1 aliphatic carbocycles. The van der Waals surface area contributed by atoms with Crippen LogP contribution in [0.4, 0.5) is 0 Å². The van der Waals surface area contributed by atoms with E-state index in [1.807, 2.05) is 0 Å². The number of thioether (sulfide) groups is 2. The Hall–Kier alpha value is -0.0700. The summed E-state index contributed by atoms with van der Waals surface area (Å²) in [5.74, 6) is 1.40. The fourth-order valence-electron chi connectivity index (χ4n) is 1.62. The molecule has 0 radical (unpaired) electrons. The normalized spacial score (nSPS) is 21.3. The molecule has 88 valence electrons. The molecule has 0 amide bonds. The first-order valence-electron chi connectivity index (χ1n) is 5.45. The van der Waals surface area contributed by atoms with Gasteiger partial charge < -0.3 is 0 Å². The third kappa shape index (κ3) is 3.21. The number of carbonyl (C=O) groups excluding carboxylic acids is 1. The summed E-state index contributed by atoms with van der Waals surface area (Å²) in [6.07, 6.45) is 3.97. The molecule has 0 spiro atoms. The molecule has 1 unspecified atom stereocenters. The Morgan fingerprint density at radius 3 is 2.94 bits per heavy atom. The van der Waals surface area contributed by atoms with Crippen LogP contribution in [-0.4, -0.2) is 27.0 Å². The lowest BCUT2D eigenvalue weighted by atomic mass is 9.99. The van der Waals surface area contributed by atoms with E-state index in [2.05, 4.69) is 17.1 Å². The van der Waals surface area contributed by atoms with Crippen LogP contribution in [0.5, 0.6) is 0 Å². The first-order chi connectivity index (χ1) is 7.79. The van der Waals surface area contributed by atoms with Crippen LogP contribution in [0.15, 0.2) is 8.68 Å². The first-order valence-corrected chi connectivity index (χ1v) is 8.13. The summed E-state index contributed by atoms with van der Waals surface area (Å²) >= 11 is 4.91. The predicted octanol–water partition coefficient (Wildman–Crippen LogP) is 3.25. The van der Waals surface area contributed by atoms with Crippen molar-refractivity contribution in [2.45, 2.75) is 46.5 Å². The molecular formula is C10H14N2OS3. The molecule has 2 rings (SSSR count). The van der Waals surface area contributed by atoms with Crippen molar-refractivity contribution < 1.29 is 4.79 Å². The Kier molecular flexibility index (Phi) is 4.66. The molecular weight excluding hydrogens is 260 g/mol. The first kappa shape index (κ1) is 12.4. The van der Waals surface area contributed by atoms with Crippen LogP contribution in [0.2, 0.25) is 0 Å². The molecule has 1 fully saturated rings. The fourth-order valence-corrected chi connectivity index (χ4v) is 4.91. The van der Waals surface area contributed by atoms with E-state index < -0.39 is 0 Å². The number of Topliss-reactive ketones (excluding diaryl/α,β-unsaturated/α-hetero) is 1. The van der Waals surface area contributed by atoms with Gasteiger partial charge in [-0.15, -0.1) is 10.2 Å². The standard InChI is InChI=1S/C10H14N2OS3/c1-2-14-9-11-12-10(16-9)15-8-6-4-3-5-7(8)13/h8H,2-6H2,1H3. The van der Waals surface area contributed by atoms with Gasteiger partial charge in [-0.1, -0.05) is 48.2 Å². The molecule has 6 heteroatoms. The van der Waals surface area contributed by atoms with E-state index in [0.29, 0.717) is 5.78 Å². The fraction of sp³-hybridized carbons (Fsp3) is 0.700. The second-order valence-electron chi connectivity index (χ2n) is 3.59. The van der Waals surface area contributed by atoms with E-state index in [9.17, 15) is 4.79 Å². The van der Waals surface area contributed by atoms with Gasteiger partial charge in [0.15, 0.2) is 8.68 Å². The second-order valence-corrected chi connectivity index (χ2v) is 7.52. The van der Waals surface area contributed by atoms with Crippen LogP contribution in [0.1, 0.15) is 32.6 Å². The van der Waals surface area contributed by atoms with Gasteiger partial charge in [-0.05, 0) is 18.6 Å². The van der Waals surface area contributed by atoms with Crippen LogP contribution in [0, 0.1) is 0 Å². The lowest BCUT2D eigenvalue weighted by molar-refractivity contribution is -0.119. The second kappa shape index (κ2) is 6.02. The Morgan fingerprint density at radius 2 is 2.19 bits per heavy atom. The third-order valence-electron chi connectivity index (χ3n) is 2.40. The highest BCUT2D eigenvalue weighted by molar-refractivity contribution is 8.03. The summed E-state index contributed by atoms with van der Waals surface area (Å²) < 4.78 is 1.95. The van der Waals surface area contributed by atoms with Gasteiger partial charge in [0.1, 0.15) is 5.78 Å². The van der Waals surface area contributed by atoms with Crippen LogP contribution in [0.25, 0.3) is 0 Å². The van der Waals surface area contributed by atoms with Crippen molar-refractivity contribution in [3.8, 4) is 0 Å². The SMILES string of the molecule is CCSc1nnc(SC2CCCCC2=O)s1. The average Bonchev–Trinajstić information content (AvgIpc) is 2.70. The highest BCUT2D eigenvalue weighted by atomic mass is 32.2. The largest absolute Gasteiger partial charge is 0.298 e. The minimum atomic E-state index is 0.126. The zero-order valence-corrected chi connectivity index (χ0v) is 11.6. The Balaban J connectivity index is 1.94. The molecule has 16 heavy (non-hydrogen) atoms. The van der Waals surface area contributed by atoms with Crippen molar-refractivity contribution in [1.82, 2.24) is 10.2 Å². The van der Waals surface area contributed by atoms with Crippen LogP contribution in [0.3, 0.4) is 0 Å². The smallest absolute Gasteiger partial charge is 0.175 e. The zero-order chi connectivity index (χ0) is 11.4.